The van der Waals surface area contributed by atoms with Crippen molar-refractivity contribution in [3.8, 4) is 0 Å². The summed E-state index contributed by atoms with van der Waals surface area (Å²) >= 11 is 0. The molecule has 0 radical (unpaired) electrons. The predicted octanol–water partition coefficient (Wildman–Crippen LogP) is 0.437. The zero-order valence-corrected chi connectivity index (χ0v) is 6.81. The van der Waals surface area contributed by atoms with Crippen LogP contribution in [0.25, 0.3) is 0 Å². The molecular formula is C7H6FNO2S. The van der Waals surface area contributed by atoms with Gasteiger partial charge in [0.15, 0.2) is 0 Å². The molecule has 5 heteroatoms. The molecule has 0 saturated carbocycles. The van der Waals surface area contributed by atoms with Gasteiger partial charge in [-0.15, -0.1) is 0 Å². The van der Waals surface area contributed by atoms with Crippen LogP contribution in [0.15, 0.2) is 18.2 Å². The van der Waals surface area contributed by atoms with Crippen molar-refractivity contribution in [1.82, 2.24) is 0 Å². The molecule has 0 aliphatic heterocycles. The Bertz CT molecular complexity index is 417. The van der Waals surface area contributed by atoms with Crippen LogP contribution >= 0.6 is 0 Å². The molecular weight excluding hydrogens is 181 g/mol. The third-order valence-electron chi connectivity index (χ3n) is 1.26. The van der Waals surface area contributed by atoms with Gasteiger partial charge in [-0.25, -0.2) is 4.39 Å². The maximum Gasteiger partial charge on any atom is 0.214 e. The highest BCUT2D eigenvalue weighted by molar-refractivity contribution is 7.71. The Morgan fingerprint density at radius 2 is 2.08 bits per heavy atom. The lowest BCUT2D eigenvalue weighted by Gasteiger charge is -1.95. The number of halogens is 1. The molecule has 0 unspecified atom stereocenters. The first-order valence-corrected chi connectivity index (χ1v) is 4.21. The van der Waals surface area contributed by atoms with E-state index in [0.29, 0.717) is 0 Å². The van der Waals surface area contributed by atoms with Gasteiger partial charge in [0.1, 0.15) is 5.82 Å². The Morgan fingerprint density at radius 1 is 1.42 bits per heavy atom. The third-order valence-corrected chi connectivity index (χ3v) is 1.72. The van der Waals surface area contributed by atoms with E-state index in [1.807, 2.05) is 0 Å². The molecule has 0 bridgehead atoms. The van der Waals surface area contributed by atoms with Crippen molar-refractivity contribution in [2.75, 3.05) is 5.73 Å². The second-order valence-electron chi connectivity index (χ2n) is 2.16. The number of benzene rings is 1. The van der Waals surface area contributed by atoms with Gasteiger partial charge in [-0.1, -0.05) is 6.07 Å². The lowest BCUT2D eigenvalue weighted by atomic mass is 10.2. The normalized spacial score (nSPS) is 9.42. The number of anilines is 1. The highest BCUT2D eigenvalue weighted by atomic mass is 32.2. The minimum absolute atomic E-state index is 0.00355. The van der Waals surface area contributed by atoms with E-state index in [4.69, 9.17) is 5.73 Å². The Kier molecular flexibility index (Phi) is 2.44. The Morgan fingerprint density at radius 3 is 2.58 bits per heavy atom. The molecule has 1 aromatic rings. The Labute approximate surface area is 70.2 Å². The molecule has 3 nitrogen and oxygen atoms in total. The third kappa shape index (κ3) is 2.06. The van der Waals surface area contributed by atoms with E-state index in [1.54, 1.807) is 0 Å². The summed E-state index contributed by atoms with van der Waals surface area (Å²) in [6, 6.07) is 3.80. The molecule has 0 spiro atoms. The summed E-state index contributed by atoms with van der Waals surface area (Å²) in [7, 11) is -2.31. The van der Waals surface area contributed by atoms with Crippen LogP contribution in [0.4, 0.5) is 10.1 Å². The van der Waals surface area contributed by atoms with Crippen LogP contribution in [-0.4, -0.2) is 13.8 Å². The van der Waals surface area contributed by atoms with E-state index in [0.717, 1.165) is 11.4 Å². The average Bonchev–Trinajstić information content (AvgIpc) is 1.96. The fourth-order valence-corrected chi connectivity index (χ4v) is 1.10. The van der Waals surface area contributed by atoms with Crippen LogP contribution in [0.3, 0.4) is 0 Å². The smallest absolute Gasteiger partial charge is 0.214 e. The summed E-state index contributed by atoms with van der Waals surface area (Å²) in [6.45, 7) is 0. The van der Waals surface area contributed by atoms with E-state index in [1.165, 1.54) is 12.1 Å². The molecule has 0 heterocycles. The van der Waals surface area contributed by atoms with Crippen LogP contribution < -0.4 is 5.73 Å². The first-order chi connectivity index (χ1) is 5.59. The molecule has 0 saturated heterocycles. The van der Waals surface area contributed by atoms with Crippen LogP contribution in [0.5, 0.6) is 0 Å². The van der Waals surface area contributed by atoms with Crippen molar-refractivity contribution in [2.24, 2.45) is 0 Å². The summed E-state index contributed by atoms with van der Waals surface area (Å²) in [5.41, 5.74) is 5.45. The lowest BCUT2D eigenvalue weighted by molar-refractivity contribution is 0.627. The van der Waals surface area contributed by atoms with Crippen molar-refractivity contribution in [3.05, 3.63) is 29.6 Å². The summed E-state index contributed by atoms with van der Waals surface area (Å²) < 4.78 is 33.0. The second kappa shape index (κ2) is 3.36. The van der Waals surface area contributed by atoms with Crippen molar-refractivity contribution in [1.29, 1.82) is 0 Å². The summed E-state index contributed by atoms with van der Waals surface area (Å²) in [4.78, 5) is 0. The minimum Gasteiger partial charge on any atom is -0.396 e. The monoisotopic (exact) mass is 187 g/mol. The standard InChI is InChI=1S/C7H6FNO2S/c8-6-3-5(4-12(10)11)1-2-7(6)9/h1-4H,9H2. The maximum absolute atomic E-state index is 12.7. The fourth-order valence-electron chi connectivity index (χ4n) is 0.728. The number of hydrogen-bond donors (Lipinski definition) is 1. The van der Waals surface area contributed by atoms with Crippen molar-refractivity contribution >= 4 is 21.3 Å². The van der Waals surface area contributed by atoms with Crippen LogP contribution in [0.2, 0.25) is 0 Å². The van der Waals surface area contributed by atoms with Gasteiger partial charge in [0.25, 0.3) is 0 Å². The zero-order valence-electron chi connectivity index (χ0n) is 5.99. The van der Waals surface area contributed by atoms with E-state index >= 15 is 0 Å². The number of nitrogens with two attached hydrogens (primary N) is 1. The predicted molar refractivity (Wildman–Crippen MR) is 44.9 cm³/mol. The Hall–Kier alpha value is -1.36. The van der Waals surface area contributed by atoms with Crippen molar-refractivity contribution in [2.45, 2.75) is 0 Å². The Balaban J connectivity index is 3.23. The van der Waals surface area contributed by atoms with Crippen molar-refractivity contribution in [3.63, 3.8) is 0 Å². The van der Waals surface area contributed by atoms with Gasteiger partial charge in [-0.2, -0.15) is 8.42 Å². The number of rotatable bonds is 1. The fraction of sp³-hybridized carbons (Fsp3) is 0. The quantitative estimate of drug-likeness (QED) is 0.512. The second-order valence-corrected chi connectivity index (χ2v) is 2.92. The van der Waals surface area contributed by atoms with Crippen molar-refractivity contribution < 1.29 is 12.8 Å². The number of nitrogen functional groups attached to an aromatic ring is 1. The van der Waals surface area contributed by atoms with Crippen LogP contribution in [0, 0.1) is 5.82 Å². The summed E-state index contributed by atoms with van der Waals surface area (Å²) in [5.74, 6) is -0.616. The van der Waals surface area contributed by atoms with Gasteiger partial charge in [0.2, 0.25) is 10.3 Å². The minimum atomic E-state index is -2.31. The molecule has 1 aromatic carbocycles. The van der Waals surface area contributed by atoms with Gasteiger partial charge >= 0.3 is 0 Å². The van der Waals surface area contributed by atoms with Gasteiger partial charge in [-0.05, 0) is 17.7 Å². The number of hydrogen-bond acceptors (Lipinski definition) is 3. The topological polar surface area (TPSA) is 60.2 Å². The molecule has 0 aromatic heterocycles. The molecule has 0 aliphatic carbocycles. The molecule has 0 aliphatic rings. The maximum atomic E-state index is 12.7. The molecule has 12 heavy (non-hydrogen) atoms. The van der Waals surface area contributed by atoms with Gasteiger partial charge in [-0.3, -0.25) is 0 Å². The van der Waals surface area contributed by atoms with E-state index in [2.05, 4.69) is 0 Å². The van der Waals surface area contributed by atoms with Crippen LogP contribution in [0.1, 0.15) is 5.56 Å². The summed E-state index contributed by atoms with van der Waals surface area (Å²) in [5, 5.41) is 0.905. The van der Waals surface area contributed by atoms with Gasteiger partial charge < -0.3 is 5.73 Å². The SMILES string of the molecule is Nc1ccc(C=S(=O)=O)cc1F. The molecule has 1 rings (SSSR count). The highest BCUT2D eigenvalue weighted by Gasteiger charge is 1.97. The largest absolute Gasteiger partial charge is 0.396 e. The average molecular weight is 187 g/mol. The highest BCUT2D eigenvalue weighted by Crippen LogP contribution is 2.09. The molecule has 0 amide bonds. The van der Waals surface area contributed by atoms with Gasteiger partial charge in [0, 0.05) is 0 Å². The van der Waals surface area contributed by atoms with Crippen LogP contribution in [-0.2, 0) is 10.3 Å². The molecule has 2 N–H and O–H groups in total. The van der Waals surface area contributed by atoms with Gasteiger partial charge in [0.05, 0.1) is 11.1 Å². The van der Waals surface area contributed by atoms with E-state index < -0.39 is 16.1 Å². The van der Waals surface area contributed by atoms with E-state index in [9.17, 15) is 12.8 Å². The molecule has 0 fully saturated rings. The summed E-state index contributed by atoms with van der Waals surface area (Å²) in [6.07, 6.45) is 0. The lowest BCUT2D eigenvalue weighted by Crippen LogP contribution is -1.92. The molecule has 64 valence electrons. The molecule has 0 atom stereocenters. The zero-order chi connectivity index (χ0) is 9.14. The van der Waals surface area contributed by atoms with E-state index in [-0.39, 0.29) is 11.3 Å². The first-order valence-electron chi connectivity index (χ1n) is 3.07. The first kappa shape index (κ1) is 8.73.